The van der Waals surface area contributed by atoms with Gasteiger partial charge in [-0.1, -0.05) is 48.0 Å². The molecular formula is C49H62F2N10O6. The number of carbonyl (C=O) groups excluding carboxylic acids is 6. The minimum absolute atomic E-state index is 0.0290. The third-order valence-corrected chi connectivity index (χ3v) is 13.5. The Kier molecular flexibility index (Phi) is 14.7. The second-order valence-electron chi connectivity index (χ2n) is 18.2. The molecule has 1 N–H and O–H groups in total. The van der Waals surface area contributed by atoms with Crippen LogP contribution < -0.4 is 10.2 Å². The average Bonchev–Trinajstić information content (AvgIpc) is 4.11. The molecule has 0 aliphatic carbocycles. The van der Waals surface area contributed by atoms with Crippen molar-refractivity contribution in [2.45, 2.75) is 124 Å². The van der Waals surface area contributed by atoms with E-state index >= 15 is 0 Å². The summed E-state index contributed by atoms with van der Waals surface area (Å²) in [4.78, 5) is 80.5. The number of imide groups is 2. The minimum Gasteiger partial charge on any atom is -0.345 e. The van der Waals surface area contributed by atoms with E-state index in [1.54, 1.807) is 52.0 Å². The van der Waals surface area contributed by atoms with Crippen LogP contribution in [-0.4, -0.2) is 115 Å². The Morgan fingerprint density at radius 1 is 0.896 bits per heavy atom. The molecule has 4 aromatic rings. The van der Waals surface area contributed by atoms with Gasteiger partial charge in [0.05, 0.1) is 35.1 Å². The molecule has 2 aromatic heterocycles. The molecule has 0 spiro atoms. The number of carbonyl (C=O) groups is 6. The van der Waals surface area contributed by atoms with Crippen molar-refractivity contribution in [2.24, 2.45) is 7.05 Å². The first kappa shape index (κ1) is 48.6. The van der Waals surface area contributed by atoms with Gasteiger partial charge in [0.15, 0.2) is 5.82 Å². The van der Waals surface area contributed by atoms with E-state index in [1.807, 2.05) is 26.8 Å². The van der Waals surface area contributed by atoms with Crippen molar-refractivity contribution in [3.05, 3.63) is 81.2 Å². The quantitative estimate of drug-likeness (QED) is 0.124. The van der Waals surface area contributed by atoms with Crippen LogP contribution in [0.1, 0.15) is 140 Å². The Bertz CT molecular complexity index is 2480. The maximum absolute atomic E-state index is 14.5. The van der Waals surface area contributed by atoms with E-state index in [1.165, 1.54) is 0 Å². The maximum atomic E-state index is 14.5. The molecule has 1 atom stereocenters. The van der Waals surface area contributed by atoms with Gasteiger partial charge in [-0.15, -0.1) is 0 Å². The number of aryl methyl sites for hydroxylation is 2. The van der Waals surface area contributed by atoms with Crippen LogP contribution in [0.15, 0.2) is 36.5 Å². The number of aromatic nitrogens is 4. The van der Waals surface area contributed by atoms with Gasteiger partial charge in [0.1, 0.15) is 6.04 Å². The number of nitrogens with one attached hydrogen (secondary N) is 1. The van der Waals surface area contributed by atoms with Gasteiger partial charge in [0, 0.05) is 80.3 Å². The van der Waals surface area contributed by atoms with Crippen molar-refractivity contribution in [1.82, 2.24) is 44.5 Å². The number of nitrogens with zero attached hydrogens (tertiary/aromatic N) is 9. The number of hydrogen-bond donors (Lipinski definition) is 1. The van der Waals surface area contributed by atoms with Crippen LogP contribution in [0.3, 0.4) is 0 Å². The summed E-state index contributed by atoms with van der Waals surface area (Å²) < 4.78 is 32.7. The molecule has 5 aliphatic heterocycles. The first-order chi connectivity index (χ1) is 32.2. The zero-order valence-corrected chi connectivity index (χ0v) is 39.6. The van der Waals surface area contributed by atoms with Gasteiger partial charge in [-0.3, -0.25) is 53.2 Å². The van der Waals surface area contributed by atoms with Gasteiger partial charge in [-0.05, 0) is 85.7 Å². The molecule has 1 unspecified atom stereocenters. The molecule has 67 heavy (non-hydrogen) atoms. The van der Waals surface area contributed by atoms with Crippen LogP contribution in [-0.2, 0) is 57.7 Å². The van der Waals surface area contributed by atoms with E-state index in [2.05, 4.69) is 45.7 Å². The number of halogens is 2. The van der Waals surface area contributed by atoms with Crippen LogP contribution in [0.2, 0.25) is 0 Å². The highest BCUT2D eigenvalue weighted by Gasteiger charge is 2.44. The standard InChI is InChI=1S/C29H35F2N7O2.C18H21N3O4.C2H6/c1-29(2)16-36(18-40)15-23-26(29)38(20-7-11-35(17-39)12-8-20)33-28(23)37-10-4-5-19-13-21(24-6-9-32-34(24)3)22(27(30)31)14-25(19)37;1-3-5-15(16(23)19-10-22)21-17(24)13-6-11-8-20(4-2)9-12(11)7-14(13)18(21)25;1-2/h6,9,13-14,17-18,20,27H,4-5,7-8,10-12,15-16H2,1-3H3;6-7,10,15H,3-5,8-9H2,1-2H3,(H,19,22,23);1-2H3. The predicted octanol–water partition coefficient (Wildman–Crippen LogP) is 6.43. The minimum atomic E-state index is -2.65. The first-order valence-corrected chi connectivity index (χ1v) is 23.4. The number of fused-ring (bicyclic) bond motifs is 4. The molecule has 1 saturated heterocycles. The zero-order valence-electron chi connectivity index (χ0n) is 39.6. The van der Waals surface area contributed by atoms with E-state index in [4.69, 9.17) is 5.10 Å². The van der Waals surface area contributed by atoms with Gasteiger partial charge < -0.3 is 14.7 Å². The molecule has 6 amide bonds. The summed E-state index contributed by atoms with van der Waals surface area (Å²) in [7, 11) is 1.76. The molecule has 0 radical (unpaired) electrons. The van der Waals surface area contributed by atoms with Crippen LogP contribution in [0.25, 0.3) is 11.3 Å². The molecule has 0 bridgehead atoms. The summed E-state index contributed by atoms with van der Waals surface area (Å²) in [6.07, 6.45) is 5.15. The molecule has 9 rings (SSSR count). The summed E-state index contributed by atoms with van der Waals surface area (Å²) in [5, 5.41) is 11.5. The number of piperidine rings is 1. The zero-order chi connectivity index (χ0) is 48.3. The van der Waals surface area contributed by atoms with Crippen molar-refractivity contribution < 1.29 is 37.5 Å². The Balaban J connectivity index is 0.000000212. The Morgan fingerprint density at radius 3 is 2.09 bits per heavy atom. The largest absolute Gasteiger partial charge is 0.345 e. The lowest BCUT2D eigenvalue weighted by Crippen LogP contribution is -2.49. The number of benzene rings is 2. The van der Waals surface area contributed by atoms with E-state index in [0.29, 0.717) is 67.9 Å². The third-order valence-electron chi connectivity index (χ3n) is 13.5. The van der Waals surface area contributed by atoms with Crippen molar-refractivity contribution >= 4 is 48.5 Å². The van der Waals surface area contributed by atoms with Crippen LogP contribution in [0, 0.1) is 0 Å². The number of anilines is 2. The molecule has 5 aliphatic rings. The summed E-state index contributed by atoms with van der Waals surface area (Å²) in [5.41, 5.74) is 7.38. The fourth-order valence-electron chi connectivity index (χ4n) is 10.4. The third kappa shape index (κ3) is 9.24. The molecule has 0 saturated carbocycles. The van der Waals surface area contributed by atoms with E-state index in [9.17, 15) is 37.5 Å². The van der Waals surface area contributed by atoms with E-state index in [-0.39, 0.29) is 23.4 Å². The highest BCUT2D eigenvalue weighted by atomic mass is 19.3. The summed E-state index contributed by atoms with van der Waals surface area (Å²) in [6.45, 7) is 17.6. The van der Waals surface area contributed by atoms with Crippen molar-refractivity contribution in [3.63, 3.8) is 0 Å². The molecule has 18 heteroatoms. The Labute approximate surface area is 390 Å². The lowest BCUT2D eigenvalue weighted by Gasteiger charge is -2.39. The number of rotatable bonds is 12. The Hall–Kier alpha value is -6.30. The van der Waals surface area contributed by atoms with Gasteiger partial charge in [0.2, 0.25) is 25.1 Å². The molecule has 358 valence electrons. The van der Waals surface area contributed by atoms with Crippen molar-refractivity contribution in [3.8, 4) is 11.3 Å². The maximum Gasteiger partial charge on any atom is 0.264 e. The molecule has 1 fully saturated rings. The molecular weight excluding hydrogens is 863 g/mol. The van der Waals surface area contributed by atoms with Crippen molar-refractivity contribution in [2.75, 3.05) is 37.6 Å². The SMILES string of the molecule is CC.CCCC(C(=O)NC=O)N1C(=O)c2cc3c(cc2C1=O)CN(CC)C3.Cn1nccc1-c1cc2c(cc1C(F)F)N(c1nn(C3CCN(C=O)CC3)c3c1CN(C=O)CC3(C)C)CCC2. The normalized spacial score (nSPS) is 18.0. The smallest absolute Gasteiger partial charge is 0.264 e. The lowest BCUT2D eigenvalue weighted by molar-refractivity contribution is -0.128. The monoisotopic (exact) mass is 924 g/mol. The van der Waals surface area contributed by atoms with Gasteiger partial charge >= 0.3 is 0 Å². The first-order valence-electron chi connectivity index (χ1n) is 23.4. The highest BCUT2D eigenvalue weighted by molar-refractivity contribution is 6.23. The average molecular weight is 925 g/mol. The van der Waals surface area contributed by atoms with Crippen LogP contribution in [0.4, 0.5) is 20.3 Å². The van der Waals surface area contributed by atoms with E-state index in [0.717, 1.165) is 102 Å². The number of amides is 6. The molecule has 7 heterocycles. The summed E-state index contributed by atoms with van der Waals surface area (Å²) in [6, 6.07) is 7.99. The van der Waals surface area contributed by atoms with Gasteiger partial charge in [-0.2, -0.15) is 10.2 Å². The number of hydrogen-bond acceptors (Lipinski definition) is 10. The van der Waals surface area contributed by atoms with Gasteiger partial charge in [-0.25, -0.2) is 8.78 Å². The summed E-state index contributed by atoms with van der Waals surface area (Å²) in [5.74, 6) is -0.813. The second kappa shape index (κ2) is 20.3. The van der Waals surface area contributed by atoms with Crippen LogP contribution >= 0.6 is 0 Å². The van der Waals surface area contributed by atoms with Gasteiger partial charge in [0.25, 0.3) is 18.2 Å². The van der Waals surface area contributed by atoms with Crippen LogP contribution in [0.5, 0.6) is 0 Å². The van der Waals surface area contributed by atoms with E-state index < -0.39 is 30.2 Å². The summed E-state index contributed by atoms with van der Waals surface area (Å²) >= 11 is 0. The Morgan fingerprint density at radius 2 is 1.54 bits per heavy atom. The predicted molar refractivity (Wildman–Crippen MR) is 248 cm³/mol. The number of alkyl halides is 2. The fraction of sp³-hybridized carbons (Fsp3) is 0.510. The molecule has 16 nitrogen and oxygen atoms in total. The number of likely N-dealkylation sites (tertiary alicyclic amines) is 1. The fourth-order valence-corrected chi connectivity index (χ4v) is 10.4. The highest BCUT2D eigenvalue weighted by Crippen LogP contribution is 2.46. The second-order valence-corrected chi connectivity index (χ2v) is 18.2. The lowest BCUT2D eigenvalue weighted by atomic mass is 9.82. The topological polar surface area (TPSA) is 166 Å². The molecule has 2 aromatic carbocycles. The van der Waals surface area contributed by atoms with Crippen molar-refractivity contribution in [1.29, 1.82) is 0 Å².